The molecule has 0 spiro atoms. The third-order valence-corrected chi connectivity index (χ3v) is 2.53. The maximum atomic E-state index is 10.3. The maximum Gasteiger partial charge on any atom is 0.328 e. The number of hydrogen-bond donors (Lipinski definition) is 1. The van der Waals surface area contributed by atoms with Gasteiger partial charge in [-0.3, -0.25) is 4.90 Å². The molecule has 0 aromatic heterocycles. The zero-order chi connectivity index (χ0) is 10.7. The van der Waals surface area contributed by atoms with Gasteiger partial charge in [-0.15, -0.1) is 0 Å². The van der Waals surface area contributed by atoms with E-state index in [0.717, 1.165) is 13.1 Å². The van der Waals surface area contributed by atoms with E-state index in [4.69, 9.17) is 5.11 Å². The summed E-state index contributed by atoms with van der Waals surface area (Å²) in [6, 6.07) is 8.32. The van der Waals surface area contributed by atoms with Crippen molar-refractivity contribution in [2.45, 2.75) is 13.1 Å². The molecular weight excluding hydrogens is 190 g/mol. The van der Waals surface area contributed by atoms with Crippen molar-refractivity contribution >= 4 is 5.97 Å². The van der Waals surface area contributed by atoms with Crippen molar-refractivity contribution in [1.82, 2.24) is 4.90 Å². The Kier molecular flexibility index (Phi) is 2.83. The summed E-state index contributed by atoms with van der Waals surface area (Å²) in [5, 5.41) is 8.46. The van der Waals surface area contributed by atoms with E-state index < -0.39 is 5.97 Å². The summed E-state index contributed by atoms with van der Waals surface area (Å²) in [4.78, 5) is 12.5. The molecule has 0 unspecified atom stereocenters. The Bertz CT molecular complexity index is 373. The molecule has 2 rings (SSSR count). The molecule has 0 fully saturated rings. The van der Waals surface area contributed by atoms with E-state index in [2.05, 4.69) is 17.0 Å². The average molecular weight is 203 g/mol. The molecule has 15 heavy (non-hydrogen) atoms. The van der Waals surface area contributed by atoms with Crippen molar-refractivity contribution in [3.8, 4) is 0 Å². The van der Waals surface area contributed by atoms with Crippen LogP contribution in [0, 0.1) is 0 Å². The van der Waals surface area contributed by atoms with Gasteiger partial charge in [0, 0.05) is 25.7 Å². The third kappa shape index (κ3) is 2.44. The summed E-state index contributed by atoms with van der Waals surface area (Å²) in [6.45, 7) is 2.53. The molecule has 0 saturated heterocycles. The first kappa shape index (κ1) is 9.93. The van der Waals surface area contributed by atoms with Crippen LogP contribution in [0.25, 0.3) is 0 Å². The van der Waals surface area contributed by atoms with Crippen molar-refractivity contribution in [3.63, 3.8) is 0 Å². The molecule has 0 saturated carbocycles. The Morgan fingerprint density at radius 2 is 1.93 bits per heavy atom. The fourth-order valence-electron chi connectivity index (χ4n) is 1.84. The fourth-order valence-corrected chi connectivity index (χ4v) is 1.84. The van der Waals surface area contributed by atoms with Crippen LogP contribution in [-0.2, 0) is 17.9 Å². The quantitative estimate of drug-likeness (QED) is 0.759. The lowest BCUT2D eigenvalue weighted by Gasteiger charge is -2.10. The molecule has 1 aromatic rings. The first-order chi connectivity index (χ1) is 7.25. The number of rotatable bonds is 3. The summed E-state index contributed by atoms with van der Waals surface area (Å²) >= 11 is 0. The van der Waals surface area contributed by atoms with Crippen molar-refractivity contribution in [3.05, 3.63) is 47.5 Å². The Morgan fingerprint density at radius 3 is 2.47 bits per heavy atom. The second-order valence-corrected chi connectivity index (χ2v) is 3.68. The van der Waals surface area contributed by atoms with Gasteiger partial charge < -0.3 is 5.11 Å². The summed E-state index contributed by atoms with van der Waals surface area (Å²) in [6.07, 6.45) is 2.89. The zero-order valence-electron chi connectivity index (χ0n) is 8.39. The number of carboxylic acids is 1. The van der Waals surface area contributed by atoms with E-state index in [1.165, 1.54) is 17.2 Å². The molecular formula is C12H13NO2. The van der Waals surface area contributed by atoms with Gasteiger partial charge in [-0.1, -0.05) is 30.3 Å². The Hall–Kier alpha value is -1.61. The summed E-state index contributed by atoms with van der Waals surface area (Å²) in [5.74, 6) is -0.883. The lowest BCUT2D eigenvalue weighted by atomic mass is 10.1. The molecule has 0 amide bonds. The van der Waals surface area contributed by atoms with Gasteiger partial charge in [0.05, 0.1) is 0 Å². The maximum absolute atomic E-state index is 10.3. The van der Waals surface area contributed by atoms with Crippen molar-refractivity contribution in [2.75, 3.05) is 6.54 Å². The van der Waals surface area contributed by atoms with Crippen LogP contribution >= 0.6 is 0 Å². The molecule has 78 valence electrons. The minimum Gasteiger partial charge on any atom is -0.478 e. The van der Waals surface area contributed by atoms with Crippen LogP contribution in [0.5, 0.6) is 0 Å². The summed E-state index contributed by atoms with van der Waals surface area (Å²) in [7, 11) is 0. The SMILES string of the molecule is O=C(O)C=CCN1Cc2ccccc2C1. The van der Waals surface area contributed by atoms with Crippen LogP contribution in [0.1, 0.15) is 11.1 Å². The van der Waals surface area contributed by atoms with Crippen LogP contribution in [0.15, 0.2) is 36.4 Å². The fraction of sp³-hybridized carbons (Fsp3) is 0.250. The van der Waals surface area contributed by atoms with Gasteiger partial charge in [0.15, 0.2) is 0 Å². The van der Waals surface area contributed by atoms with Gasteiger partial charge in [0.25, 0.3) is 0 Å². The van der Waals surface area contributed by atoms with E-state index in [1.54, 1.807) is 6.08 Å². The van der Waals surface area contributed by atoms with E-state index in [0.29, 0.717) is 6.54 Å². The van der Waals surface area contributed by atoms with E-state index >= 15 is 0 Å². The largest absolute Gasteiger partial charge is 0.478 e. The van der Waals surface area contributed by atoms with Gasteiger partial charge in [-0.25, -0.2) is 4.79 Å². The van der Waals surface area contributed by atoms with Crippen LogP contribution in [0.3, 0.4) is 0 Å². The van der Waals surface area contributed by atoms with Crippen LogP contribution < -0.4 is 0 Å². The smallest absolute Gasteiger partial charge is 0.328 e. The predicted molar refractivity (Wildman–Crippen MR) is 57.3 cm³/mol. The van der Waals surface area contributed by atoms with Crippen molar-refractivity contribution in [2.24, 2.45) is 0 Å². The highest BCUT2D eigenvalue weighted by Crippen LogP contribution is 2.21. The number of nitrogens with zero attached hydrogens (tertiary/aromatic N) is 1. The number of fused-ring (bicyclic) bond motifs is 1. The van der Waals surface area contributed by atoms with Crippen LogP contribution in [0.2, 0.25) is 0 Å². The van der Waals surface area contributed by atoms with Gasteiger partial charge in [-0.05, 0) is 11.1 Å². The van der Waals surface area contributed by atoms with E-state index in [-0.39, 0.29) is 0 Å². The molecule has 1 aromatic carbocycles. The van der Waals surface area contributed by atoms with Gasteiger partial charge >= 0.3 is 5.97 Å². The molecule has 0 aliphatic carbocycles. The van der Waals surface area contributed by atoms with Gasteiger partial charge in [0.1, 0.15) is 0 Å². The average Bonchev–Trinajstić information content (AvgIpc) is 2.59. The van der Waals surface area contributed by atoms with Crippen molar-refractivity contribution < 1.29 is 9.90 Å². The highest BCUT2D eigenvalue weighted by atomic mass is 16.4. The first-order valence-electron chi connectivity index (χ1n) is 4.94. The highest BCUT2D eigenvalue weighted by molar-refractivity contribution is 5.79. The van der Waals surface area contributed by atoms with Crippen LogP contribution in [0.4, 0.5) is 0 Å². The van der Waals surface area contributed by atoms with E-state index in [1.807, 2.05) is 12.1 Å². The molecule has 0 bridgehead atoms. The topological polar surface area (TPSA) is 40.5 Å². The second-order valence-electron chi connectivity index (χ2n) is 3.68. The molecule has 1 heterocycles. The van der Waals surface area contributed by atoms with E-state index in [9.17, 15) is 4.79 Å². The molecule has 1 N–H and O–H groups in total. The molecule has 1 aliphatic rings. The summed E-state index contributed by atoms with van der Waals surface area (Å²) in [5.41, 5.74) is 2.70. The third-order valence-electron chi connectivity index (χ3n) is 2.53. The van der Waals surface area contributed by atoms with Crippen molar-refractivity contribution in [1.29, 1.82) is 0 Å². The van der Waals surface area contributed by atoms with Gasteiger partial charge in [-0.2, -0.15) is 0 Å². The number of hydrogen-bond acceptors (Lipinski definition) is 2. The molecule has 3 nitrogen and oxygen atoms in total. The second kappa shape index (κ2) is 4.28. The number of aliphatic carboxylic acids is 1. The minimum atomic E-state index is -0.883. The lowest BCUT2D eigenvalue weighted by molar-refractivity contribution is -0.131. The number of carboxylic acid groups (broad SMARTS) is 1. The Morgan fingerprint density at radius 1 is 1.33 bits per heavy atom. The zero-order valence-corrected chi connectivity index (χ0v) is 8.39. The van der Waals surface area contributed by atoms with Gasteiger partial charge in [0.2, 0.25) is 0 Å². The number of benzene rings is 1. The summed E-state index contributed by atoms with van der Waals surface area (Å²) < 4.78 is 0. The monoisotopic (exact) mass is 203 g/mol. The number of carbonyl (C=O) groups is 1. The molecule has 0 radical (unpaired) electrons. The highest BCUT2D eigenvalue weighted by Gasteiger charge is 2.16. The Labute approximate surface area is 88.6 Å². The molecule has 0 atom stereocenters. The first-order valence-corrected chi connectivity index (χ1v) is 4.94. The molecule has 3 heteroatoms. The standard InChI is InChI=1S/C12H13NO2/c14-12(15)6-3-7-13-8-10-4-1-2-5-11(10)9-13/h1-6H,7-9H2,(H,14,15). The normalized spacial score (nSPS) is 15.7. The van der Waals surface area contributed by atoms with Crippen LogP contribution in [-0.4, -0.2) is 22.5 Å². The minimum absolute atomic E-state index is 0.695. The lowest BCUT2D eigenvalue weighted by Crippen LogP contribution is -2.16. The predicted octanol–water partition coefficient (Wildman–Crippen LogP) is 1.64. The molecule has 1 aliphatic heterocycles. The Balaban J connectivity index is 1.93.